The summed E-state index contributed by atoms with van der Waals surface area (Å²) in [5.74, 6) is 0.412. The number of ether oxygens (including phenoxy) is 5. The summed E-state index contributed by atoms with van der Waals surface area (Å²) in [5, 5.41) is 0.0668. The van der Waals surface area contributed by atoms with Crippen LogP contribution in [-0.2, 0) is 39.6 Å². The highest BCUT2D eigenvalue weighted by Gasteiger charge is 2.59. The number of ketones is 1. The summed E-state index contributed by atoms with van der Waals surface area (Å²) in [7, 11) is 1.25. The zero-order valence-electron chi connectivity index (χ0n) is 31.8. The number of hydrogen-bond donors (Lipinski definition) is 0. The normalized spacial score (nSPS) is 27.3. The van der Waals surface area contributed by atoms with Crippen LogP contribution in [0.2, 0.25) is 18.1 Å². The molecule has 49 heavy (non-hydrogen) atoms. The molecule has 274 valence electrons. The van der Waals surface area contributed by atoms with Gasteiger partial charge in [-0.05, 0) is 105 Å². The van der Waals surface area contributed by atoms with E-state index in [2.05, 4.69) is 53.8 Å². The van der Waals surface area contributed by atoms with E-state index in [9.17, 15) is 9.59 Å². The summed E-state index contributed by atoms with van der Waals surface area (Å²) in [4.78, 5) is 28.4. The lowest BCUT2D eigenvalue weighted by atomic mass is 9.46. The van der Waals surface area contributed by atoms with Crippen molar-refractivity contribution in [2.75, 3.05) is 40.8 Å². The van der Waals surface area contributed by atoms with Crippen LogP contribution in [0.4, 0.5) is 0 Å². The molecule has 6 atom stereocenters. The molecule has 0 N–H and O–H groups in total. The molecule has 0 radical (unpaired) electrons. The highest BCUT2D eigenvalue weighted by atomic mass is 28.4. The van der Waals surface area contributed by atoms with Crippen LogP contribution in [0.25, 0.3) is 0 Å². The van der Waals surface area contributed by atoms with E-state index < -0.39 is 19.7 Å². The highest BCUT2D eigenvalue weighted by Crippen LogP contribution is 2.61. The molecule has 1 aromatic rings. The lowest BCUT2D eigenvalue weighted by Crippen LogP contribution is -2.56. The van der Waals surface area contributed by atoms with Gasteiger partial charge in [0.25, 0.3) is 0 Å². The van der Waals surface area contributed by atoms with Gasteiger partial charge in [0.2, 0.25) is 0 Å². The number of carbonyl (C=O) groups excluding carboxylic acids is 2. The molecule has 0 saturated heterocycles. The Kier molecular flexibility index (Phi) is 13.5. The molecule has 0 aromatic heterocycles. The Labute approximate surface area is 296 Å². The van der Waals surface area contributed by atoms with Gasteiger partial charge in [-0.2, -0.15) is 0 Å². The average Bonchev–Trinajstić information content (AvgIpc) is 3.04. The summed E-state index contributed by atoms with van der Waals surface area (Å²) in [6.45, 7) is 19.6. The van der Waals surface area contributed by atoms with Gasteiger partial charge >= 0.3 is 5.97 Å². The van der Waals surface area contributed by atoms with Gasteiger partial charge in [-0.25, -0.2) is 0 Å². The minimum absolute atomic E-state index is 0.0365. The third kappa shape index (κ3) is 8.96. The Morgan fingerprint density at radius 2 is 1.76 bits per heavy atom. The Bertz CT molecular complexity index is 1340. The van der Waals surface area contributed by atoms with Crippen LogP contribution in [0.5, 0.6) is 5.75 Å². The van der Waals surface area contributed by atoms with Gasteiger partial charge in [0.1, 0.15) is 18.3 Å². The first-order valence-corrected chi connectivity index (χ1v) is 21.1. The molecule has 1 fully saturated rings. The molecule has 3 aliphatic rings. The molecule has 4 rings (SSSR count). The number of rotatable bonds is 16. The predicted octanol–water partition coefficient (Wildman–Crippen LogP) is 8.45. The average molecular weight is 699 g/mol. The maximum Gasteiger partial charge on any atom is 0.313 e. The first kappa shape index (κ1) is 39.5. The smallest absolute Gasteiger partial charge is 0.313 e. The Balaban J connectivity index is 1.67. The van der Waals surface area contributed by atoms with Crippen molar-refractivity contribution >= 4 is 20.1 Å². The van der Waals surface area contributed by atoms with E-state index in [1.165, 1.54) is 0 Å². The monoisotopic (exact) mass is 698 g/mol. The SMILES string of the molecule is CCOC(=O)[C@@H]1C[C@]2(C)[C@H](C(=O)C[C@H]3[C@H]2CC=C(C)[C@@H]3OCOC)C(CCO[Si](C)(C)C(C)(C)C)=C1CCCOCc1ccc(OC)cc1. The Morgan fingerprint density at radius 3 is 2.39 bits per heavy atom. The molecule has 8 nitrogen and oxygen atoms in total. The number of fused-ring (bicyclic) bond motifs is 3. The van der Waals surface area contributed by atoms with E-state index in [1.807, 2.05) is 31.2 Å². The number of benzene rings is 1. The van der Waals surface area contributed by atoms with Crippen molar-refractivity contribution in [3.05, 3.63) is 52.6 Å². The van der Waals surface area contributed by atoms with Crippen molar-refractivity contribution in [3.8, 4) is 5.75 Å². The molecule has 3 aliphatic carbocycles. The maximum atomic E-state index is 14.5. The lowest BCUT2D eigenvalue weighted by Gasteiger charge is -2.57. The molecule has 1 saturated carbocycles. The van der Waals surface area contributed by atoms with E-state index in [-0.39, 0.29) is 47.4 Å². The topological polar surface area (TPSA) is 89.5 Å². The van der Waals surface area contributed by atoms with Gasteiger partial charge in [-0.15, -0.1) is 0 Å². The second-order valence-electron chi connectivity index (χ2n) is 16.0. The third-order valence-electron chi connectivity index (χ3n) is 11.9. The molecular weight excluding hydrogens is 637 g/mol. The van der Waals surface area contributed by atoms with Crippen LogP contribution >= 0.6 is 0 Å². The van der Waals surface area contributed by atoms with Crippen LogP contribution in [0, 0.1) is 29.1 Å². The van der Waals surface area contributed by atoms with Crippen LogP contribution < -0.4 is 4.74 Å². The van der Waals surface area contributed by atoms with Crippen LogP contribution in [0.3, 0.4) is 0 Å². The van der Waals surface area contributed by atoms with Gasteiger partial charge < -0.3 is 28.1 Å². The zero-order chi connectivity index (χ0) is 36.0. The fraction of sp³-hybridized carbons (Fsp3) is 0.700. The quantitative estimate of drug-likeness (QED) is 0.0559. The summed E-state index contributed by atoms with van der Waals surface area (Å²) < 4.78 is 35.4. The minimum atomic E-state index is -2.04. The molecule has 0 unspecified atom stereocenters. The van der Waals surface area contributed by atoms with Crippen molar-refractivity contribution in [1.82, 2.24) is 0 Å². The van der Waals surface area contributed by atoms with E-state index in [0.717, 1.165) is 40.9 Å². The van der Waals surface area contributed by atoms with Gasteiger partial charge in [-0.1, -0.05) is 57.0 Å². The largest absolute Gasteiger partial charge is 0.497 e. The van der Waals surface area contributed by atoms with Crippen LogP contribution in [0.15, 0.2) is 47.1 Å². The van der Waals surface area contributed by atoms with E-state index in [0.29, 0.717) is 52.1 Å². The fourth-order valence-corrected chi connectivity index (χ4v) is 9.38. The number of esters is 1. The predicted molar refractivity (Wildman–Crippen MR) is 195 cm³/mol. The second kappa shape index (κ2) is 16.8. The summed E-state index contributed by atoms with van der Waals surface area (Å²) in [6, 6.07) is 7.89. The third-order valence-corrected chi connectivity index (χ3v) is 16.4. The number of methoxy groups -OCH3 is 2. The van der Waals surface area contributed by atoms with Gasteiger partial charge in [0.15, 0.2) is 8.32 Å². The molecule has 0 spiro atoms. The van der Waals surface area contributed by atoms with E-state index in [1.54, 1.807) is 14.2 Å². The van der Waals surface area contributed by atoms with Crippen molar-refractivity contribution in [2.24, 2.45) is 29.1 Å². The first-order valence-electron chi connectivity index (χ1n) is 18.2. The second-order valence-corrected chi connectivity index (χ2v) is 20.8. The molecular formula is C40H62O8Si. The molecule has 0 aliphatic heterocycles. The highest BCUT2D eigenvalue weighted by molar-refractivity contribution is 6.74. The molecule has 0 bridgehead atoms. The van der Waals surface area contributed by atoms with E-state index >= 15 is 0 Å². The summed E-state index contributed by atoms with van der Waals surface area (Å²) >= 11 is 0. The van der Waals surface area contributed by atoms with Crippen molar-refractivity contribution < 1.29 is 37.7 Å². The first-order chi connectivity index (χ1) is 23.2. The number of Topliss-reactive ketones (excluding diaryl/α,β-unsaturated/α-hetero) is 1. The molecule has 9 heteroatoms. The maximum absolute atomic E-state index is 14.5. The number of carbonyl (C=O) groups is 2. The van der Waals surface area contributed by atoms with Crippen LogP contribution in [-0.4, -0.2) is 67.0 Å². The molecule has 1 aromatic carbocycles. The van der Waals surface area contributed by atoms with Gasteiger partial charge in [0, 0.05) is 32.7 Å². The van der Waals surface area contributed by atoms with Crippen molar-refractivity contribution in [1.29, 1.82) is 0 Å². The Hall–Kier alpha value is -2.30. The summed E-state index contributed by atoms with van der Waals surface area (Å²) in [6.07, 6.45) is 6.05. The van der Waals surface area contributed by atoms with Crippen molar-refractivity contribution in [2.45, 2.75) is 111 Å². The zero-order valence-corrected chi connectivity index (χ0v) is 32.8. The van der Waals surface area contributed by atoms with Gasteiger partial charge in [-0.3, -0.25) is 9.59 Å². The van der Waals surface area contributed by atoms with Crippen molar-refractivity contribution in [3.63, 3.8) is 0 Å². The van der Waals surface area contributed by atoms with Gasteiger partial charge in [0.05, 0.1) is 32.3 Å². The molecule has 0 heterocycles. The minimum Gasteiger partial charge on any atom is -0.497 e. The fourth-order valence-electron chi connectivity index (χ4n) is 8.34. The molecule has 0 amide bonds. The summed E-state index contributed by atoms with van der Waals surface area (Å²) in [5.41, 5.74) is 3.97. The Morgan fingerprint density at radius 1 is 1.04 bits per heavy atom. The standard InChI is InChI=1S/C40H62O8Si/c1-11-46-38(42)33-24-40(6)34-19-14-27(2)37(47-26-43-7)32(34)23-35(41)36(40)31(20-22-48-49(9,10)39(3,4)5)30(33)13-12-21-45-25-28-15-17-29(44-8)18-16-28/h14-18,32-34,36-37H,11-13,19-26H2,1-10H3/t32-,33+,34+,36-,37-,40-/m0/s1. The van der Waals surface area contributed by atoms with Crippen LogP contribution in [0.1, 0.15) is 85.6 Å². The number of allylic oxidation sites excluding steroid dienone is 1. The van der Waals surface area contributed by atoms with E-state index in [4.69, 9.17) is 28.1 Å². The number of hydrogen-bond acceptors (Lipinski definition) is 8. The lowest BCUT2D eigenvalue weighted by molar-refractivity contribution is -0.159.